The van der Waals surface area contributed by atoms with Crippen LogP contribution in [0.3, 0.4) is 0 Å². The van der Waals surface area contributed by atoms with Gasteiger partial charge in [0.1, 0.15) is 0 Å². The zero-order chi connectivity index (χ0) is 9.84. The number of anilines is 1. The first-order valence-electron chi connectivity index (χ1n) is 4.68. The van der Waals surface area contributed by atoms with Gasteiger partial charge in [0.2, 0.25) is 0 Å². The number of hydrogen-bond acceptors (Lipinski definition) is 2. The molecule has 0 fully saturated rings. The average molecular weight is 178 g/mol. The van der Waals surface area contributed by atoms with Gasteiger partial charge in [-0.05, 0) is 18.1 Å². The zero-order valence-electron chi connectivity index (χ0n) is 8.62. The van der Waals surface area contributed by atoms with Crippen LogP contribution in [0.15, 0.2) is 24.3 Å². The van der Waals surface area contributed by atoms with Crippen molar-refractivity contribution in [3.63, 3.8) is 0 Å². The first-order chi connectivity index (χ1) is 6.16. The van der Waals surface area contributed by atoms with Gasteiger partial charge in [0.15, 0.2) is 0 Å². The topological polar surface area (TPSA) is 29.3 Å². The van der Waals surface area contributed by atoms with Crippen molar-refractivity contribution in [2.45, 2.75) is 19.4 Å². The predicted octanol–water partition coefficient (Wildman–Crippen LogP) is 2.16. The Morgan fingerprint density at radius 1 is 1.31 bits per heavy atom. The van der Waals surface area contributed by atoms with E-state index in [-0.39, 0.29) is 6.04 Å². The first-order valence-corrected chi connectivity index (χ1v) is 4.68. The Morgan fingerprint density at radius 3 is 2.46 bits per heavy atom. The lowest BCUT2D eigenvalue weighted by Gasteiger charge is -2.20. The highest BCUT2D eigenvalue weighted by atomic mass is 15.1. The maximum atomic E-state index is 6.01. The van der Waals surface area contributed by atoms with E-state index in [0.29, 0.717) is 0 Å². The molecule has 0 aliphatic rings. The second kappa shape index (κ2) is 4.28. The number of hydrogen-bond donors (Lipinski definition) is 1. The summed E-state index contributed by atoms with van der Waals surface area (Å²) in [5.74, 6) is 0. The van der Waals surface area contributed by atoms with E-state index >= 15 is 0 Å². The molecule has 2 nitrogen and oxygen atoms in total. The molecule has 0 saturated heterocycles. The molecule has 0 bridgehead atoms. The number of nitrogens with two attached hydrogens (primary N) is 1. The molecule has 0 aromatic heterocycles. The molecule has 1 atom stereocenters. The standard InChI is InChI=1S/C11H18N2/c1-4-10(12)9-7-5-6-8-11(9)13(2)3/h5-8,10H,4,12H2,1-3H3/t10-/m0/s1. The van der Waals surface area contributed by atoms with Crippen LogP contribution in [0.4, 0.5) is 5.69 Å². The monoisotopic (exact) mass is 178 g/mol. The third-order valence-corrected chi connectivity index (χ3v) is 2.26. The van der Waals surface area contributed by atoms with Gasteiger partial charge >= 0.3 is 0 Å². The Hall–Kier alpha value is -1.02. The smallest absolute Gasteiger partial charge is 0.0409 e. The van der Waals surface area contributed by atoms with Gasteiger partial charge in [-0.15, -0.1) is 0 Å². The van der Waals surface area contributed by atoms with Gasteiger partial charge in [0.05, 0.1) is 0 Å². The molecule has 1 aromatic carbocycles. The second-order valence-corrected chi connectivity index (χ2v) is 3.47. The average Bonchev–Trinajstić information content (AvgIpc) is 2.16. The Morgan fingerprint density at radius 2 is 1.92 bits per heavy atom. The molecule has 0 saturated carbocycles. The molecule has 1 rings (SSSR count). The van der Waals surface area contributed by atoms with Crippen molar-refractivity contribution in [3.05, 3.63) is 29.8 Å². The van der Waals surface area contributed by atoms with Gasteiger partial charge in [-0.1, -0.05) is 25.1 Å². The summed E-state index contributed by atoms with van der Waals surface area (Å²) >= 11 is 0. The normalized spacial score (nSPS) is 12.6. The van der Waals surface area contributed by atoms with Crippen LogP contribution in [-0.2, 0) is 0 Å². The summed E-state index contributed by atoms with van der Waals surface area (Å²) in [6.07, 6.45) is 0.977. The lowest BCUT2D eigenvalue weighted by molar-refractivity contribution is 0.697. The van der Waals surface area contributed by atoms with Crippen LogP contribution in [0, 0.1) is 0 Å². The highest BCUT2D eigenvalue weighted by Crippen LogP contribution is 2.24. The van der Waals surface area contributed by atoms with Crippen molar-refractivity contribution < 1.29 is 0 Å². The van der Waals surface area contributed by atoms with Gasteiger partial charge in [-0.2, -0.15) is 0 Å². The van der Waals surface area contributed by atoms with Crippen LogP contribution in [0.1, 0.15) is 24.9 Å². The van der Waals surface area contributed by atoms with Gasteiger partial charge in [-0.25, -0.2) is 0 Å². The van der Waals surface area contributed by atoms with E-state index < -0.39 is 0 Å². The highest BCUT2D eigenvalue weighted by Gasteiger charge is 2.09. The fourth-order valence-electron chi connectivity index (χ4n) is 1.43. The maximum absolute atomic E-state index is 6.01. The molecule has 0 spiro atoms. The molecular formula is C11H18N2. The summed E-state index contributed by atoms with van der Waals surface area (Å²) in [4.78, 5) is 2.10. The molecule has 13 heavy (non-hydrogen) atoms. The molecule has 0 heterocycles. The van der Waals surface area contributed by atoms with Crippen molar-refractivity contribution in [3.8, 4) is 0 Å². The minimum Gasteiger partial charge on any atom is -0.377 e. The summed E-state index contributed by atoms with van der Waals surface area (Å²) in [5, 5.41) is 0. The SMILES string of the molecule is CC[C@H](N)c1ccccc1N(C)C. The van der Waals surface area contributed by atoms with E-state index in [1.54, 1.807) is 0 Å². The Kier molecular flexibility index (Phi) is 3.32. The second-order valence-electron chi connectivity index (χ2n) is 3.47. The van der Waals surface area contributed by atoms with Crippen LogP contribution in [0.25, 0.3) is 0 Å². The van der Waals surface area contributed by atoms with Crippen LogP contribution in [0.2, 0.25) is 0 Å². The van der Waals surface area contributed by atoms with Gasteiger partial charge in [0, 0.05) is 25.8 Å². The first kappa shape index (κ1) is 10.1. The van der Waals surface area contributed by atoms with Gasteiger partial charge < -0.3 is 10.6 Å². The molecule has 72 valence electrons. The van der Waals surface area contributed by atoms with E-state index in [2.05, 4.69) is 24.0 Å². The summed E-state index contributed by atoms with van der Waals surface area (Å²) in [7, 11) is 4.09. The number of rotatable bonds is 3. The van der Waals surface area contributed by atoms with E-state index in [9.17, 15) is 0 Å². The summed E-state index contributed by atoms with van der Waals surface area (Å²) in [6.45, 7) is 2.11. The maximum Gasteiger partial charge on any atom is 0.0409 e. The minimum absolute atomic E-state index is 0.151. The van der Waals surface area contributed by atoms with Gasteiger partial charge in [0.25, 0.3) is 0 Å². The minimum atomic E-state index is 0.151. The van der Waals surface area contributed by atoms with Crippen molar-refractivity contribution >= 4 is 5.69 Å². The molecule has 0 aliphatic heterocycles. The summed E-state index contributed by atoms with van der Waals surface area (Å²) < 4.78 is 0. The molecule has 0 aliphatic carbocycles. The van der Waals surface area contributed by atoms with Crippen molar-refractivity contribution in [1.82, 2.24) is 0 Å². The van der Waals surface area contributed by atoms with Gasteiger partial charge in [-0.3, -0.25) is 0 Å². The Balaban J connectivity index is 3.04. The van der Waals surface area contributed by atoms with E-state index in [4.69, 9.17) is 5.73 Å². The molecule has 1 aromatic rings. The molecule has 2 heteroatoms. The van der Waals surface area contributed by atoms with Crippen LogP contribution >= 0.6 is 0 Å². The van der Waals surface area contributed by atoms with E-state index in [1.165, 1.54) is 11.3 Å². The quantitative estimate of drug-likeness (QED) is 0.768. The van der Waals surface area contributed by atoms with Crippen LogP contribution in [0.5, 0.6) is 0 Å². The molecule has 0 unspecified atom stereocenters. The summed E-state index contributed by atoms with van der Waals surface area (Å²) in [5.41, 5.74) is 8.46. The lowest BCUT2D eigenvalue weighted by Crippen LogP contribution is -2.16. The Labute approximate surface area is 80.4 Å². The molecule has 0 amide bonds. The third kappa shape index (κ3) is 2.22. The highest BCUT2D eigenvalue weighted by molar-refractivity contribution is 5.53. The van der Waals surface area contributed by atoms with Crippen molar-refractivity contribution in [2.24, 2.45) is 5.73 Å². The molecule has 0 radical (unpaired) electrons. The molecular weight excluding hydrogens is 160 g/mol. The molecule has 2 N–H and O–H groups in total. The van der Waals surface area contributed by atoms with Crippen LogP contribution in [-0.4, -0.2) is 14.1 Å². The number of para-hydroxylation sites is 1. The van der Waals surface area contributed by atoms with E-state index in [1.807, 2.05) is 26.2 Å². The fraction of sp³-hybridized carbons (Fsp3) is 0.455. The number of benzene rings is 1. The number of nitrogens with zero attached hydrogens (tertiary/aromatic N) is 1. The predicted molar refractivity (Wildman–Crippen MR) is 58.0 cm³/mol. The van der Waals surface area contributed by atoms with Crippen LogP contribution < -0.4 is 10.6 Å². The van der Waals surface area contributed by atoms with Crippen molar-refractivity contribution in [2.75, 3.05) is 19.0 Å². The zero-order valence-corrected chi connectivity index (χ0v) is 8.62. The third-order valence-electron chi connectivity index (χ3n) is 2.26. The lowest BCUT2D eigenvalue weighted by atomic mass is 10.0. The van der Waals surface area contributed by atoms with Crippen molar-refractivity contribution in [1.29, 1.82) is 0 Å². The van der Waals surface area contributed by atoms with E-state index in [0.717, 1.165) is 6.42 Å². The Bertz CT molecular complexity index is 269. The summed E-state index contributed by atoms with van der Waals surface area (Å²) in [6, 6.07) is 8.44. The fourth-order valence-corrected chi connectivity index (χ4v) is 1.43. The largest absolute Gasteiger partial charge is 0.377 e.